The maximum absolute atomic E-state index is 11.1. The molecule has 8 nitrogen and oxygen atoms in total. The van der Waals surface area contributed by atoms with Crippen LogP contribution in [0.25, 0.3) is 0 Å². The van der Waals surface area contributed by atoms with Gasteiger partial charge in [-0.15, -0.1) is 0 Å². The molecule has 2 N–H and O–H groups in total. The van der Waals surface area contributed by atoms with Crippen LogP contribution in [0.1, 0.15) is 20.8 Å². The van der Waals surface area contributed by atoms with Gasteiger partial charge >= 0.3 is 11.9 Å². The molecule has 0 spiro atoms. The van der Waals surface area contributed by atoms with Crippen LogP contribution in [-0.4, -0.2) is 23.8 Å². The van der Waals surface area contributed by atoms with Crippen molar-refractivity contribution in [3.8, 4) is 0 Å². The summed E-state index contributed by atoms with van der Waals surface area (Å²) in [5.74, 6) is -4.43. The summed E-state index contributed by atoms with van der Waals surface area (Å²) in [6.45, 7) is 3.47. The van der Waals surface area contributed by atoms with E-state index in [0.29, 0.717) is 0 Å². The van der Waals surface area contributed by atoms with E-state index < -0.39 is 29.7 Å². The fourth-order valence-corrected chi connectivity index (χ4v) is 0.517. The minimum atomic E-state index is -1.27. The minimum Gasteiger partial charge on any atom is -0.340 e. The highest BCUT2D eigenvalue weighted by atomic mass is 16.7. The fourth-order valence-electron chi connectivity index (χ4n) is 0.517. The molecule has 0 bridgehead atoms. The Morgan fingerprint density at radius 3 is 1.44 bits per heavy atom. The smallest absolute Gasteiger partial charge is 0.340 e. The maximum atomic E-state index is 11.1. The van der Waals surface area contributed by atoms with E-state index in [1.165, 1.54) is 6.92 Å². The van der Waals surface area contributed by atoms with Crippen LogP contribution in [0.15, 0.2) is 0 Å². The van der Waals surface area contributed by atoms with Crippen LogP contribution in [0.2, 0.25) is 0 Å². The van der Waals surface area contributed by atoms with Crippen LogP contribution < -0.4 is 11.0 Å². The molecule has 16 heavy (non-hydrogen) atoms. The Morgan fingerprint density at radius 1 is 0.875 bits per heavy atom. The third-order valence-corrected chi connectivity index (χ3v) is 1.30. The zero-order valence-corrected chi connectivity index (χ0v) is 9.03. The monoisotopic (exact) mass is 232 g/mol. The standard InChI is InChI=1S/C8H12N2O6/c1-4(7(13)15-9-5(2)11)8(14)16-10-6(3)12/h4H,1-3H3,(H,9,11)(H,10,12). The van der Waals surface area contributed by atoms with Crippen LogP contribution >= 0.6 is 0 Å². The lowest BCUT2D eigenvalue weighted by Crippen LogP contribution is -2.35. The largest absolute Gasteiger partial charge is 0.346 e. The average Bonchev–Trinajstić information content (AvgIpc) is 2.21. The van der Waals surface area contributed by atoms with Crippen molar-refractivity contribution in [2.75, 3.05) is 0 Å². The quantitative estimate of drug-likeness (QED) is 0.457. The summed E-state index contributed by atoms with van der Waals surface area (Å²) in [5, 5.41) is 0. The molecule has 0 radical (unpaired) electrons. The summed E-state index contributed by atoms with van der Waals surface area (Å²) in [6.07, 6.45) is 0. The Bertz CT molecular complexity index is 284. The second kappa shape index (κ2) is 6.38. The van der Waals surface area contributed by atoms with Gasteiger partial charge in [0.1, 0.15) is 0 Å². The molecule has 0 saturated carbocycles. The number of hydrogen-bond acceptors (Lipinski definition) is 6. The summed E-state index contributed by atoms with van der Waals surface area (Å²) < 4.78 is 0. The number of hydroxylamine groups is 2. The second-order valence-corrected chi connectivity index (χ2v) is 2.88. The molecule has 0 aromatic rings. The Kier molecular flexibility index (Phi) is 5.53. The number of carbonyl (C=O) groups excluding carboxylic acids is 4. The molecule has 0 unspecified atom stereocenters. The van der Waals surface area contributed by atoms with Crippen molar-refractivity contribution < 1.29 is 28.9 Å². The van der Waals surface area contributed by atoms with Gasteiger partial charge in [0.25, 0.3) is 0 Å². The molecule has 0 aromatic carbocycles. The fraction of sp³-hybridized carbons (Fsp3) is 0.500. The molecule has 0 saturated heterocycles. The van der Waals surface area contributed by atoms with Gasteiger partial charge in [-0.1, -0.05) is 0 Å². The SMILES string of the molecule is CC(=O)NOC(=O)C(C)C(=O)ONC(C)=O. The summed E-state index contributed by atoms with van der Waals surface area (Å²) >= 11 is 0. The molecule has 0 rings (SSSR count). The van der Waals surface area contributed by atoms with Gasteiger partial charge in [-0.25, -0.2) is 9.59 Å². The van der Waals surface area contributed by atoms with Crippen molar-refractivity contribution in [2.24, 2.45) is 5.92 Å². The number of rotatable bonds is 2. The topological polar surface area (TPSA) is 111 Å². The highest BCUT2D eigenvalue weighted by Crippen LogP contribution is 1.99. The van der Waals surface area contributed by atoms with Gasteiger partial charge in [-0.05, 0) is 6.92 Å². The first-order chi connectivity index (χ1) is 7.34. The molecule has 8 heteroatoms. The van der Waals surface area contributed by atoms with Gasteiger partial charge in [0.2, 0.25) is 11.8 Å². The van der Waals surface area contributed by atoms with E-state index in [1.807, 2.05) is 0 Å². The van der Waals surface area contributed by atoms with Crippen molar-refractivity contribution in [1.82, 2.24) is 11.0 Å². The highest BCUT2D eigenvalue weighted by Gasteiger charge is 2.26. The zero-order valence-electron chi connectivity index (χ0n) is 9.03. The molecule has 90 valence electrons. The molecule has 0 aromatic heterocycles. The van der Waals surface area contributed by atoms with Gasteiger partial charge in [0, 0.05) is 13.8 Å². The van der Waals surface area contributed by atoms with Crippen LogP contribution in [-0.2, 0) is 28.9 Å². The number of amides is 2. The lowest BCUT2D eigenvalue weighted by molar-refractivity contribution is -0.173. The summed E-state index contributed by atoms with van der Waals surface area (Å²) in [6, 6.07) is 0. The lowest BCUT2D eigenvalue weighted by atomic mass is 10.2. The van der Waals surface area contributed by atoms with Crippen LogP contribution in [0.4, 0.5) is 0 Å². The summed E-state index contributed by atoms with van der Waals surface area (Å²) in [7, 11) is 0. The average molecular weight is 232 g/mol. The third kappa shape index (κ3) is 5.58. The van der Waals surface area contributed by atoms with Gasteiger partial charge in [0.05, 0.1) is 0 Å². The molecule has 2 amide bonds. The first kappa shape index (κ1) is 13.9. The number of carbonyl (C=O) groups is 4. The van der Waals surface area contributed by atoms with Crippen LogP contribution in [0, 0.1) is 5.92 Å². The zero-order chi connectivity index (χ0) is 12.7. The molecular formula is C8H12N2O6. The van der Waals surface area contributed by atoms with Gasteiger partial charge in [-0.3, -0.25) is 9.59 Å². The first-order valence-corrected chi connectivity index (χ1v) is 4.29. The van der Waals surface area contributed by atoms with Gasteiger partial charge in [0.15, 0.2) is 5.92 Å². The van der Waals surface area contributed by atoms with Crippen molar-refractivity contribution in [1.29, 1.82) is 0 Å². The molecule has 0 heterocycles. The first-order valence-electron chi connectivity index (χ1n) is 4.29. The van der Waals surface area contributed by atoms with E-state index in [9.17, 15) is 19.2 Å². The summed E-state index contributed by atoms with van der Waals surface area (Å²) in [5.41, 5.74) is 3.52. The van der Waals surface area contributed by atoms with Crippen LogP contribution in [0.3, 0.4) is 0 Å². The van der Waals surface area contributed by atoms with Crippen molar-refractivity contribution in [3.63, 3.8) is 0 Å². The predicted octanol–water partition coefficient (Wildman–Crippen LogP) is -1.19. The third-order valence-electron chi connectivity index (χ3n) is 1.30. The maximum Gasteiger partial charge on any atom is 0.346 e. The Balaban J connectivity index is 4.06. The Labute approximate surface area is 91.2 Å². The Morgan fingerprint density at radius 2 is 1.19 bits per heavy atom. The van der Waals surface area contributed by atoms with Gasteiger partial charge in [-0.2, -0.15) is 11.0 Å². The van der Waals surface area contributed by atoms with Gasteiger partial charge < -0.3 is 9.68 Å². The molecule has 0 atom stereocenters. The van der Waals surface area contributed by atoms with E-state index in [0.717, 1.165) is 13.8 Å². The van der Waals surface area contributed by atoms with E-state index >= 15 is 0 Å². The second-order valence-electron chi connectivity index (χ2n) is 2.88. The van der Waals surface area contributed by atoms with Crippen LogP contribution in [0.5, 0.6) is 0 Å². The molecule has 0 fully saturated rings. The minimum absolute atomic E-state index is 0.587. The van der Waals surface area contributed by atoms with E-state index in [-0.39, 0.29) is 0 Å². The molecular weight excluding hydrogens is 220 g/mol. The van der Waals surface area contributed by atoms with Crippen molar-refractivity contribution >= 4 is 23.8 Å². The molecule has 0 aliphatic carbocycles. The predicted molar refractivity (Wildman–Crippen MR) is 49.0 cm³/mol. The van der Waals surface area contributed by atoms with Crippen molar-refractivity contribution in [3.05, 3.63) is 0 Å². The Hall–Kier alpha value is -2.12. The normalized spacial score (nSPS) is 9.25. The highest BCUT2D eigenvalue weighted by molar-refractivity contribution is 5.95. The molecule has 0 aliphatic heterocycles. The van der Waals surface area contributed by atoms with E-state index in [1.54, 1.807) is 11.0 Å². The van der Waals surface area contributed by atoms with E-state index in [4.69, 9.17) is 0 Å². The lowest BCUT2D eigenvalue weighted by Gasteiger charge is -2.09. The molecule has 0 aliphatic rings. The number of nitrogens with one attached hydrogen (secondary N) is 2. The van der Waals surface area contributed by atoms with E-state index in [2.05, 4.69) is 9.68 Å². The van der Waals surface area contributed by atoms with Crippen molar-refractivity contribution in [2.45, 2.75) is 20.8 Å². The number of hydrogen-bond donors (Lipinski definition) is 2. The summed E-state index contributed by atoms with van der Waals surface area (Å²) in [4.78, 5) is 51.4.